The molecular weight excluding hydrogens is 538 g/mol. The highest BCUT2D eigenvalue weighted by atomic mass is 16.6. The highest BCUT2D eigenvalue weighted by Crippen LogP contribution is 2.07. The van der Waals surface area contributed by atoms with Crippen LogP contribution in [-0.4, -0.2) is 117 Å². The van der Waals surface area contributed by atoms with Crippen LogP contribution in [0.25, 0.3) is 10.4 Å². The third-order valence-corrected chi connectivity index (χ3v) is 3.88. The Morgan fingerprint density at radius 1 is 0.725 bits per heavy atom. The van der Waals surface area contributed by atoms with Crippen LogP contribution in [0.4, 0.5) is 9.59 Å². The smallest absolute Gasteiger partial charge is 0.408 e. The molecule has 4 N–H and O–H groups in total. The molecule has 17 nitrogen and oxygen atoms in total. The maximum atomic E-state index is 11.7. The predicted molar refractivity (Wildman–Crippen MR) is 137 cm³/mol. The van der Waals surface area contributed by atoms with Gasteiger partial charge in [0.1, 0.15) is 49.7 Å². The minimum absolute atomic E-state index is 0.156. The van der Waals surface area contributed by atoms with Crippen molar-refractivity contribution < 1.29 is 57.8 Å². The molecule has 0 fully saturated rings. The molecule has 230 valence electrons. The van der Waals surface area contributed by atoms with Crippen LogP contribution >= 0.6 is 0 Å². The second-order valence-corrected chi connectivity index (χ2v) is 10.3. The number of aliphatic hydroxyl groups is 2. The third-order valence-electron chi connectivity index (χ3n) is 3.88. The number of alkyl carbamates (subject to hydrolysis) is 2. The second-order valence-electron chi connectivity index (χ2n) is 10.3. The standard InChI is InChI=1S/C23H41N5O12/c1-22(2,3)39-20(33)25-7-18(31)37-13-16(29)11-35-9-15(27-28-24)10-36-12-17(30)14-38-19(32)8-26-21(34)40-23(4,5)6/h15-17,29-30H,7-14H2,1-6H3,(H,25,33)(H,26,34). The fourth-order valence-corrected chi connectivity index (χ4v) is 2.36. The number of hydrogen-bond acceptors (Lipinski definition) is 13. The van der Waals surface area contributed by atoms with Crippen molar-refractivity contribution in [3.63, 3.8) is 0 Å². The van der Waals surface area contributed by atoms with Gasteiger partial charge in [0.05, 0.1) is 32.5 Å². The van der Waals surface area contributed by atoms with Crippen molar-refractivity contribution in [1.29, 1.82) is 0 Å². The summed E-state index contributed by atoms with van der Waals surface area (Å²) in [4.78, 5) is 49.0. The zero-order valence-corrected chi connectivity index (χ0v) is 23.7. The van der Waals surface area contributed by atoms with E-state index in [1.54, 1.807) is 41.5 Å². The molecule has 2 atom stereocenters. The Balaban J connectivity index is 4.13. The quantitative estimate of drug-likeness (QED) is 0.0608. The number of ether oxygens (including phenoxy) is 6. The van der Waals surface area contributed by atoms with Crippen LogP contribution in [0.15, 0.2) is 5.11 Å². The van der Waals surface area contributed by atoms with Crippen LogP contribution in [-0.2, 0) is 38.0 Å². The van der Waals surface area contributed by atoms with Crippen LogP contribution < -0.4 is 10.6 Å². The van der Waals surface area contributed by atoms with Gasteiger partial charge in [-0.3, -0.25) is 9.59 Å². The molecule has 0 saturated carbocycles. The fourth-order valence-electron chi connectivity index (χ4n) is 2.36. The van der Waals surface area contributed by atoms with E-state index in [-0.39, 0.29) is 26.4 Å². The van der Waals surface area contributed by atoms with E-state index in [0.29, 0.717) is 0 Å². The number of hydrogen-bond donors (Lipinski definition) is 4. The highest BCUT2D eigenvalue weighted by molar-refractivity contribution is 5.78. The van der Waals surface area contributed by atoms with Gasteiger partial charge in [-0.2, -0.15) is 0 Å². The zero-order chi connectivity index (χ0) is 30.8. The lowest BCUT2D eigenvalue weighted by Crippen LogP contribution is -2.37. The van der Waals surface area contributed by atoms with E-state index < -0.39 is 79.9 Å². The van der Waals surface area contributed by atoms with Gasteiger partial charge >= 0.3 is 24.1 Å². The first-order valence-corrected chi connectivity index (χ1v) is 12.3. The van der Waals surface area contributed by atoms with Crippen molar-refractivity contribution in [2.75, 3.05) is 52.7 Å². The van der Waals surface area contributed by atoms with Crippen LogP contribution in [0.3, 0.4) is 0 Å². The number of nitrogens with one attached hydrogen (secondary N) is 2. The van der Waals surface area contributed by atoms with Crippen molar-refractivity contribution >= 4 is 24.1 Å². The SMILES string of the molecule is CC(C)(C)OC(=O)NCC(=O)OCC(O)COCC(COCC(O)COC(=O)CNC(=O)OC(C)(C)C)N=[N+]=[N-]. The van der Waals surface area contributed by atoms with Gasteiger partial charge in [0.15, 0.2) is 0 Å². The summed E-state index contributed by atoms with van der Waals surface area (Å²) in [7, 11) is 0. The Kier molecular flexibility index (Phi) is 17.2. The maximum Gasteiger partial charge on any atom is 0.408 e. The summed E-state index contributed by atoms with van der Waals surface area (Å²) in [6.45, 7) is 7.44. The number of carbonyl (C=O) groups excluding carboxylic acids is 4. The molecule has 0 rings (SSSR count). The van der Waals surface area contributed by atoms with Gasteiger partial charge in [0, 0.05) is 4.91 Å². The summed E-state index contributed by atoms with van der Waals surface area (Å²) in [5, 5.41) is 27.7. The average Bonchev–Trinajstić information content (AvgIpc) is 2.81. The third kappa shape index (κ3) is 22.6. The number of rotatable bonds is 17. The molecule has 0 aliphatic heterocycles. The van der Waals surface area contributed by atoms with Crippen LogP contribution in [0, 0.1) is 0 Å². The van der Waals surface area contributed by atoms with E-state index in [1.165, 1.54) is 0 Å². The van der Waals surface area contributed by atoms with Crippen molar-refractivity contribution in [3.05, 3.63) is 10.4 Å². The monoisotopic (exact) mass is 579 g/mol. The van der Waals surface area contributed by atoms with Gasteiger partial charge in [-0.05, 0) is 47.1 Å². The first-order valence-electron chi connectivity index (χ1n) is 12.3. The number of amides is 2. The minimum Gasteiger partial charge on any atom is -0.462 e. The molecule has 0 heterocycles. The molecule has 2 unspecified atom stereocenters. The molecule has 0 aromatic heterocycles. The molecule has 2 amide bonds. The predicted octanol–water partition coefficient (Wildman–Crippen LogP) is 0.556. The Morgan fingerprint density at radius 3 is 1.43 bits per heavy atom. The van der Waals surface area contributed by atoms with Crippen LogP contribution in [0.1, 0.15) is 41.5 Å². The normalized spacial score (nSPS) is 13.6. The van der Waals surface area contributed by atoms with Gasteiger partial charge in [-0.25, -0.2) is 9.59 Å². The summed E-state index contributed by atoms with van der Waals surface area (Å²) in [5.41, 5.74) is 7.26. The number of nitrogens with zero attached hydrogens (tertiary/aromatic N) is 3. The topological polar surface area (TPSA) is 237 Å². The molecule has 40 heavy (non-hydrogen) atoms. The maximum absolute atomic E-state index is 11.7. The molecule has 0 saturated heterocycles. The molecule has 0 bridgehead atoms. The van der Waals surface area contributed by atoms with Crippen molar-refractivity contribution in [3.8, 4) is 0 Å². The van der Waals surface area contributed by atoms with Crippen LogP contribution in [0.2, 0.25) is 0 Å². The van der Waals surface area contributed by atoms with Crippen molar-refractivity contribution in [2.45, 2.75) is 71.0 Å². The summed E-state index contributed by atoms with van der Waals surface area (Å²) < 4.78 is 30.1. The van der Waals surface area contributed by atoms with E-state index >= 15 is 0 Å². The average molecular weight is 580 g/mol. The van der Waals surface area contributed by atoms with E-state index in [9.17, 15) is 29.4 Å². The van der Waals surface area contributed by atoms with Crippen molar-refractivity contribution in [1.82, 2.24) is 10.6 Å². The first kappa shape index (κ1) is 36.6. The Labute approximate surface area is 232 Å². The number of azide groups is 1. The molecule has 0 aromatic rings. The van der Waals surface area contributed by atoms with Crippen molar-refractivity contribution in [2.24, 2.45) is 5.11 Å². The number of esters is 2. The van der Waals surface area contributed by atoms with Gasteiger partial charge in [-0.15, -0.1) is 0 Å². The lowest BCUT2D eigenvalue weighted by atomic mass is 10.2. The van der Waals surface area contributed by atoms with E-state index in [0.717, 1.165) is 0 Å². The van der Waals surface area contributed by atoms with Gasteiger partial charge in [-0.1, -0.05) is 5.11 Å². The molecular formula is C23H41N5O12. The molecule has 0 radical (unpaired) electrons. The Morgan fingerprint density at radius 2 is 1.10 bits per heavy atom. The van der Waals surface area contributed by atoms with E-state index in [2.05, 4.69) is 20.7 Å². The summed E-state index contributed by atoms with van der Waals surface area (Å²) in [6, 6.07) is -0.814. The van der Waals surface area contributed by atoms with E-state index in [1.807, 2.05) is 0 Å². The van der Waals surface area contributed by atoms with Gasteiger partial charge in [0.2, 0.25) is 0 Å². The first-order chi connectivity index (χ1) is 18.5. The summed E-state index contributed by atoms with van der Waals surface area (Å²) in [6.07, 6.45) is -3.97. The Bertz CT molecular complexity index is 792. The summed E-state index contributed by atoms with van der Waals surface area (Å²) in [5.74, 6) is -1.59. The minimum atomic E-state index is -1.19. The summed E-state index contributed by atoms with van der Waals surface area (Å²) >= 11 is 0. The van der Waals surface area contributed by atoms with E-state index in [4.69, 9.17) is 34.0 Å². The fraction of sp³-hybridized carbons (Fsp3) is 0.826. The largest absolute Gasteiger partial charge is 0.462 e. The van der Waals surface area contributed by atoms with Crippen LogP contribution in [0.5, 0.6) is 0 Å². The highest BCUT2D eigenvalue weighted by Gasteiger charge is 2.19. The molecule has 0 aliphatic rings. The lowest BCUT2D eigenvalue weighted by molar-refractivity contribution is -0.147. The Hall–Kier alpha value is -3.37. The zero-order valence-electron chi connectivity index (χ0n) is 23.7. The number of aliphatic hydroxyl groups excluding tert-OH is 2. The molecule has 17 heteroatoms. The lowest BCUT2D eigenvalue weighted by Gasteiger charge is -2.19. The molecule has 0 spiro atoms. The van der Waals surface area contributed by atoms with Gasteiger partial charge < -0.3 is 49.3 Å². The molecule has 0 aliphatic carbocycles. The van der Waals surface area contributed by atoms with Gasteiger partial charge in [0.25, 0.3) is 0 Å². The number of carbonyl (C=O) groups is 4. The molecule has 0 aromatic carbocycles. The second kappa shape index (κ2) is 18.8.